The number of amides is 2. The lowest BCUT2D eigenvalue weighted by atomic mass is 10.1. The van der Waals surface area contributed by atoms with Crippen LogP contribution in [0.5, 0.6) is 0 Å². The van der Waals surface area contributed by atoms with Gasteiger partial charge in [0.05, 0.1) is 16.8 Å². The highest BCUT2D eigenvalue weighted by molar-refractivity contribution is 6.07. The van der Waals surface area contributed by atoms with Gasteiger partial charge in [-0.2, -0.15) is 26.3 Å². The molecule has 3 rings (SSSR count). The molecular weight excluding hydrogens is 438 g/mol. The fourth-order valence-corrected chi connectivity index (χ4v) is 2.80. The fourth-order valence-electron chi connectivity index (χ4n) is 2.80. The van der Waals surface area contributed by atoms with Gasteiger partial charge in [-0.15, -0.1) is 0 Å². The van der Waals surface area contributed by atoms with Gasteiger partial charge in [0, 0.05) is 16.8 Å². The van der Waals surface area contributed by atoms with Crippen LogP contribution in [0, 0.1) is 0 Å². The molecule has 0 saturated carbocycles. The Kier molecular flexibility index (Phi) is 6.24. The number of anilines is 2. The van der Waals surface area contributed by atoms with Crippen LogP contribution in [0.4, 0.5) is 37.7 Å². The first-order valence-corrected chi connectivity index (χ1v) is 9.01. The van der Waals surface area contributed by atoms with Crippen LogP contribution < -0.4 is 10.6 Å². The van der Waals surface area contributed by atoms with Gasteiger partial charge in [0.2, 0.25) is 0 Å². The molecule has 0 spiro atoms. The Morgan fingerprint density at radius 3 is 1.88 bits per heavy atom. The molecule has 32 heavy (non-hydrogen) atoms. The lowest BCUT2D eigenvalue weighted by Crippen LogP contribution is -2.18. The standard InChI is InChI=1S/C22H14F6N2O2/c23-21(24,25)15-9-10-17(22(26,27)28)18(12-15)30-20(32)14-7-4-8-16(11-14)29-19(31)13-5-2-1-3-6-13/h1-12H,(H,29,31)(H,30,32). The van der Waals surface area contributed by atoms with E-state index in [0.29, 0.717) is 5.56 Å². The van der Waals surface area contributed by atoms with Crippen molar-refractivity contribution in [3.05, 3.63) is 95.1 Å². The SMILES string of the molecule is O=C(Nc1cccc(C(=O)Nc2cc(C(F)(F)F)ccc2C(F)(F)F)c1)c1ccccc1. The number of rotatable bonds is 4. The molecule has 2 amide bonds. The summed E-state index contributed by atoms with van der Waals surface area (Å²) in [6.07, 6.45) is -9.89. The summed E-state index contributed by atoms with van der Waals surface area (Å²) in [6, 6.07) is 14.1. The van der Waals surface area contributed by atoms with E-state index in [4.69, 9.17) is 0 Å². The maximum atomic E-state index is 13.2. The van der Waals surface area contributed by atoms with Crippen molar-refractivity contribution in [3.8, 4) is 0 Å². The number of hydrogen-bond acceptors (Lipinski definition) is 2. The van der Waals surface area contributed by atoms with Gasteiger partial charge in [0.15, 0.2) is 0 Å². The summed E-state index contributed by atoms with van der Waals surface area (Å²) in [5.74, 6) is -1.56. The van der Waals surface area contributed by atoms with Gasteiger partial charge in [-0.05, 0) is 48.5 Å². The molecular formula is C22H14F6N2O2. The van der Waals surface area contributed by atoms with Crippen LogP contribution in [0.25, 0.3) is 0 Å². The zero-order chi connectivity index (χ0) is 23.5. The van der Waals surface area contributed by atoms with Crippen molar-refractivity contribution in [1.29, 1.82) is 0 Å². The van der Waals surface area contributed by atoms with E-state index in [0.717, 1.165) is 0 Å². The minimum atomic E-state index is -4.99. The summed E-state index contributed by atoms with van der Waals surface area (Å²) in [7, 11) is 0. The number of hydrogen-bond donors (Lipinski definition) is 2. The first kappa shape index (κ1) is 22.9. The van der Waals surface area contributed by atoms with Gasteiger partial charge < -0.3 is 10.6 Å². The monoisotopic (exact) mass is 452 g/mol. The average molecular weight is 452 g/mol. The van der Waals surface area contributed by atoms with E-state index in [-0.39, 0.29) is 29.4 Å². The summed E-state index contributed by atoms with van der Waals surface area (Å²) in [6.45, 7) is 0. The molecule has 0 aliphatic rings. The smallest absolute Gasteiger partial charge is 0.322 e. The molecule has 3 aromatic rings. The van der Waals surface area contributed by atoms with Gasteiger partial charge >= 0.3 is 12.4 Å². The van der Waals surface area contributed by atoms with Crippen LogP contribution in [0.1, 0.15) is 31.8 Å². The van der Waals surface area contributed by atoms with Crippen LogP contribution in [-0.2, 0) is 12.4 Å². The highest BCUT2D eigenvalue weighted by atomic mass is 19.4. The maximum absolute atomic E-state index is 13.2. The lowest BCUT2D eigenvalue weighted by Gasteiger charge is -2.16. The van der Waals surface area contributed by atoms with E-state index in [9.17, 15) is 35.9 Å². The van der Waals surface area contributed by atoms with E-state index >= 15 is 0 Å². The second kappa shape index (κ2) is 8.74. The number of halogens is 6. The second-order valence-corrected chi connectivity index (χ2v) is 6.61. The quantitative estimate of drug-likeness (QED) is 0.461. The lowest BCUT2D eigenvalue weighted by molar-refractivity contribution is -0.140. The van der Waals surface area contributed by atoms with Crippen LogP contribution in [0.2, 0.25) is 0 Å². The Morgan fingerprint density at radius 1 is 0.625 bits per heavy atom. The van der Waals surface area contributed by atoms with E-state index in [2.05, 4.69) is 5.32 Å². The molecule has 0 radical (unpaired) electrons. The number of carbonyl (C=O) groups excluding carboxylic acids is 2. The predicted octanol–water partition coefficient (Wildman–Crippen LogP) is 6.23. The van der Waals surface area contributed by atoms with Crippen molar-refractivity contribution in [2.45, 2.75) is 12.4 Å². The Hall–Kier alpha value is -3.82. The molecule has 0 bridgehead atoms. The van der Waals surface area contributed by atoms with E-state index in [1.54, 1.807) is 30.3 Å². The van der Waals surface area contributed by atoms with Crippen molar-refractivity contribution in [1.82, 2.24) is 0 Å². The molecule has 0 saturated heterocycles. The molecule has 0 unspecified atom stereocenters. The molecule has 0 aliphatic carbocycles. The number of carbonyl (C=O) groups is 2. The molecule has 10 heteroatoms. The van der Waals surface area contributed by atoms with Crippen molar-refractivity contribution in [2.75, 3.05) is 10.6 Å². The number of nitrogens with one attached hydrogen (secondary N) is 2. The minimum absolute atomic E-state index is 0.165. The van der Waals surface area contributed by atoms with Crippen molar-refractivity contribution >= 4 is 23.2 Å². The number of benzene rings is 3. The van der Waals surface area contributed by atoms with Crippen LogP contribution in [0.15, 0.2) is 72.8 Å². The highest BCUT2D eigenvalue weighted by Crippen LogP contribution is 2.39. The molecule has 0 aromatic heterocycles. The van der Waals surface area contributed by atoms with E-state index in [1.807, 2.05) is 5.32 Å². The van der Waals surface area contributed by atoms with Gasteiger partial charge in [0.1, 0.15) is 0 Å². The van der Waals surface area contributed by atoms with Gasteiger partial charge in [-0.1, -0.05) is 24.3 Å². The van der Waals surface area contributed by atoms with E-state index in [1.165, 1.54) is 24.3 Å². The first-order chi connectivity index (χ1) is 14.9. The van der Waals surface area contributed by atoms with Gasteiger partial charge in [-0.3, -0.25) is 9.59 Å². The summed E-state index contributed by atoms with van der Waals surface area (Å²) >= 11 is 0. The summed E-state index contributed by atoms with van der Waals surface area (Å²) in [5, 5.41) is 4.42. The molecule has 0 aliphatic heterocycles. The van der Waals surface area contributed by atoms with Crippen molar-refractivity contribution in [2.24, 2.45) is 0 Å². The van der Waals surface area contributed by atoms with Gasteiger partial charge in [0.25, 0.3) is 11.8 Å². The Bertz CT molecular complexity index is 1140. The zero-order valence-electron chi connectivity index (χ0n) is 16.0. The summed E-state index contributed by atoms with van der Waals surface area (Å²) in [5.41, 5.74) is -3.46. The molecule has 3 aromatic carbocycles. The van der Waals surface area contributed by atoms with Crippen molar-refractivity contribution < 1.29 is 35.9 Å². The van der Waals surface area contributed by atoms with Crippen molar-refractivity contribution in [3.63, 3.8) is 0 Å². The largest absolute Gasteiger partial charge is 0.418 e. The zero-order valence-corrected chi connectivity index (χ0v) is 16.0. The number of alkyl halides is 6. The third kappa shape index (κ3) is 5.45. The molecule has 4 nitrogen and oxygen atoms in total. The third-order valence-corrected chi connectivity index (χ3v) is 4.32. The van der Waals surface area contributed by atoms with Crippen LogP contribution in [-0.4, -0.2) is 11.8 Å². The molecule has 2 N–H and O–H groups in total. The summed E-state index contributed by atoms with van der Waals surface area (Å²) in [4.78, 5) is 24.7. The maximum Gasteiger partial charge on any atom is 0.418 e. The third-order valence-electron chi connectivity index (χ3n) is 4.32. The van der Waals surface area contributed by atoms with E-state index < -0.39 is 41.0 Å². The fraction of sp³-hybridized carbons (Fsp3) is 0.0909. The molecule has 0 heterocycles. The average Bonchev–Trinajstić information content (AvgIpc) is 2.73. The first-order valence-electron chi connectivity index (χ1n) is 9.01. The Balaban J connectivity index is 1.86. The topological polar surface area (TPSA) is 58.2 Å². The highest BCUT2D eigenvalue weighted by Gasteiger charge is 2.37. The molecule has 0 fully saturated rings. The normalized spacial score (nSPS) is 11.7. The second-order valence-electron chi connectivity index (χ2n) is 6.61. The Morgan fingerprint density at radius 2 is 1.25 bits per heavy atom. The predicted molar refractivity (Wildman–Crippen MR) is 105 cm³/mol. The summed E-state index contributed by atoms with van der Waals surface area (Å²) < 4.78 is 78.5. The molecule has 166 valence electrons. The molecule has 0 atom stereocenters. The van der Waals surface area contributed by atoms with Crippen LogP contribution in [0.3, 0.4) is 0 Å². The minimum Gasteiger partial charge on any atom is -0.322 e. The Labute approximate surface area is 177 Å². The van der Waals surface area contributed by atoms with Gasteiger partial charge in [-0.25, -0.2) is 0 Å². The van der Waals surface area contributed by atoms with Crippen LogP contribution >= 0.6 is 0 Å².